The highest BCUT2D eigenvalue weighted by molar-refractivity contribution is 9.10. The molecule has 1 aromatic carbocycles. The van der Waals surface area contributed by atoms with Crippen molar-refractivity contribution in [2.45, 2.75) is 6.29 Å². The molecule has 0 amide bonds. The van der Waals surface area contributed by atoms with Gasteiger partial charge >= 0.3 is 0 Å². The lowest BCUT2D eigenvalue weighted by atomic mass is 10.2. The lowest BCUT2D eigenvalue weighted by Gasteiger charge is -2.11. The first-order valence-corrected chi connectivity index (χ1v) is 4.51. The molecule has 1 N–H and O–H groups in total. The highest BCUT2D eigenvalue weighted by Crippen LogP contribution is 2.32. The predicted molar refractivity (Wildman–Crippen MR) is 49.9 cm³/mol. The Morgan fingerprint density at radius 1 is 1.23 bits per heavy atom. The van der Waals surface area contributed by atoms with Crippen LogP contribution < -0.4 is 0 Å². The molecule has 1 aliphatic rings. The smallest absolute Gasteiger partial charge is 0.269 e. The van der Waals surface area contributed by atoms with E-state index in [9.17, 15) is 5.11 Å². The van der Waals surface area contributed by atoms with E-state index in [0.717, 1.165) is 4.47 Å². The molecular formula is C9H7BrO3. The van der Waals surface area contributed by atoms with Gasteiger partial charge in [0.2, 0.25) is 0 Å². The minimum atomic E-state index is -0.530. The maximum absolute atomic E-state index is 9.49. The maximum Gasteiger partial charge on any atom is 0.269 e. The second-order valence-corrected chi connectivity index (χ2v) is 3.50. The van der Waals surface area contributed by atoms with Crippen LogP contribution >= 0.6 is 15.9 Å². The van der Waals surface area contributed by atoms with Crippen molar-refractivity contribution < 1.29 is 14.6 Å². The summed E-state index contributed by atoms with van der Waals surface area (Å²) in [6, 6.07) is 5.10. The third-order valence-corrected chi connectivity index (χ3v) is 2.20. The van der Waals surface area contributed by atoms with Gasteiger partial charge in [-0.05, 0) is 18.2 Å². The zero-order valence-corrected chi connectivity index (χ0v) is 8.19. The molecule has 0 atom stereocenters. The molecule has 0 saturated heterocycles. The van der Waals surface area contributed by atoms with Gasteiger partial charge in [0.15, 0.2) is 0 Å². The predicted octanol–water partition coefficient (Wildman–Crippen LogP) is 2.67. The summed E-state index contributed by atoms with van der Waals surface area (Å²) in [4.78, 5) is 0. The molecule has 4 heteroatoms. The molecule has 0 radical (unpaired) electrons. The average Bonchev–Trinajstić information content (AvgIpc) is 2.61. The molecule has 68 valence electrons. The quantitative estimate of drug-likeness (QED) is 0.823. The summed E-state index contributed by atoms with van der Waals surface area (Å²) in [7, 11) is 0. The molecule has 0 aliphatic carbocycles. The van der Waals surface area contributed by atoms with Gasteiger partial charge in [-0.15, -0.1) is 0 Å². The van der Waals surface area contributed by atoms with Gasteiger partial charge in [-0.2, -0.15) is 0 Å². The van der Waals surface area contributed by atoms with Gasteiger partial charge in [0, 0.05) is 4.47 Å². The number of ether oxygens (including phenoxy) is 2. The lowest BCUT2D eigenvalue weighted by Crippen LogP contribution is -1.97. The van der Waals surface area contributed by atoms with E-state index < -0.39 is 6.29 Å². The van der Waals surface area contributed by atoms with Gasteiger partial charge in [0.05, 0.1) is 5.56 Å². The molecule has 0 bridgehead atoms. The average molecular weight is 243 g/mol. The number of aromatic hydroxyl groups is 1. The van der Waals surface area contributed by atoms with E-state index in [2.05, 4.69) is 15.9 Å². The number of benzene rings is 1. The van der Waals surface area contributed by atoms with Gasteiger partial charge in [-0.1, -0.05) is 15.9 Å². The van der Waals surface area contributed by atoms with Crippen LogP contribution in [0.25, 0.3) is 0 Å². The second-order valence-electron chi connectivity index (χ2n) is 2.58. The van der Waals surface area contributed by atoms with Gasteiger partial charge in [-0.25, -0.2) is 0 Å². The third kappa shape index (κ3) is 1.62. The van der Waals surface area contributed by atoms with Crippen LogP contribution in [0.1, 0.15) is 11.9 Å². The zero-order valence-electron chi connectivity index (χ0n) is 6.61. The van der Waals surface area contributed by atoms with Gasteiger partial charge < -0.3 is 14.6 Å². The van der Waals surface area contributed by atoms with Crippen molar-refractivity contribution in [3.63, 3.8) is 0 Å². The molecule has 0 saturated carbocycles. The first-order valence-electron chi connectivity index (χ1n) is 3.72. The first-order chi connectivity index (χ1) is 6.27. The molecule has 0 spiro atoms. The van der Waals surface area contributed by atoms with Gasteiger partial charge in [-0.3, -0.25) is 0 Å². The molecule has 3 nitrogen and oxygen atoms in total. The monoisotopic (exact) mass is 242 g/mol. The SMILES string of the molecule is Oc1ccc(Br)cc1C1OC=CO1. The van der Waals surface area contributed by atoms with Gasteiger partial charge in [0.1, 0.15) is 18.3 Å². The van der Waals surface area contributed by atoms with E-state index in [4.69, 9.17) is 9.47 Å². The topological polar surface area (TPSA) is 38.7 Å². The number of halogens is 1. The van der Waals surface area contributed by atoms with E-state index >= 15 is 0 Å². The van der Waals surface area contributed by atoms with Crippen molar-refractivity contribution in [3.05, 3.63) is 40.8 Å². The Morgan fingerprint density at radius 3 is 2.62 bits per heavy atom. The molecule has 0 unspecified atom stereocenters. The Labute approximate surface area is 83.7 Å². The number of phenolic OH excluding ortho intramolecular Hbond substituents is 1. The molecule has 1 heterocycles. The normalized spacial score (nSPS) is 15.5. The Bertz CT molecular complexity index is 341. The second kappa shape index (κ2) is 3.30. The summed E-state index contributed by atoms with van der Waals surface area (Å²) >= 11 is 3.30. The van der Waals surface area contributed by atoms with Crippen molar-refractivity contribution in [1.29, 1.82) is 0 Å². The molecule has 2 rings (SSSR count). The van der Waals surface area contributed by atoms with Crippen molar-refractivity contribution in [3.8, 4) is 5.75 Å². The Balaban J connectivity index is 2.33. The van der Waals surface area contributed by atoms with Crippen LogP contribution in [0.15, 0.2) is 35.2 Å². The summed E-state index contributed by atoms with van der Waals surface area (Å²) in [6.45, 7) is 0. The van der Waals surface area contributed by atoms with Crippen LogP contribution in [-0.2, 0) is 9.47 Å². The zero-order chi connectivity index (χ0) is 9.26. The lowest BCUT2D eigenvalue weighted by molar-refractivity contribution is -0.0261. The first kappa shape index (κ1) is 8.44. The van der Waals surface area contributed by atoms with E-state index in [1.54, 1.807) is 18.2 Å². The molecule has 1 aromatic rings. The number of hydrogen-bond acceptors (Lipinski definition) is 3. The Morgan fingerprint density at radius 2 is 1.92 bits per heavy atom. The molecule has 1 aliphatic heterocycles. The Kier molecular flexibility index (Phi) is 2.14. The van der Waals surface area contributed by atoms with E-state index in [1.165, 1.54) is 12.5 Å². The number of rotatable bonds is 1. The van der Waals surface area contributed by atoms with E-state index in [1.807, 2.05) is 0 Å². The largest absolute Gasteiger partial charge is 0.507 e. The third-order valence-electron chi connectivity index (χ3n) is 1.70. The summed E-state index contributed by atoms with van der Waals surface area (Å²) in [5.41, 5.74) is 0.611. The number of phenols is 1. The standard InChI is InChI=1S/C9H7BrO3/c10-6-1-2-8(11)7(5-6)9-12-3-4-13-9/h1-5,9,11H. The van der Waals surface area contributed by atoms with Crippen LogP contribution in [0, 0.1) is 0 Å². The Hall–Kier alpha value is -1.16. The molecular weight excluding hydrogens is 236 g/mol. The van der Waals surface area contributed by atoms with Crippen LogP contribution in [0.2, 0.25) is 0 Å². The highest BCUT2D eigenvalue weighted by Gasteiger charge is 2.19. The molecule has 13 heavy (non-hydrogen) atoms. The van der Waals surface area contributed by atoms with Crippen molar-refractivity contribution in [1.82, 2.24) is 0 Å². The van der Waals surface area contributed by atoms with Crippen molar-refractivity contribution >= 4 is 15.9 Å². The summed E-state index contributed by atoms with van der Waals surface area (Å²) in [5.74, 6) is 0.164. The summed E-state index contributed by atoms with van der Waals surface area (Å²) in [6.07, 6.45) is 2.37. The minimum Gasteiger partial charge on any atom is -0.507 e. The molecule has 0 aromatic heterocycles. The minimum absolute atomic E-state index is 0.164. The van der Waals surface area contributed by atoms with Crippen molar-refractivity contribution in [2.75, 3.05) is 0 Å². The van der Waals surface area contributed by atoms with Crippen LogP contribution in [0.5, 0.6) is 5.75 Å². The maximum atomic E-state index is 9.49. The summed E-state index contributed by atoms with van der Waals surface area (Å²) in [5, 5.41) is 9.49. The van der Waals surface area contributed by atoms with Gasteiger partial charge in [0.25, 0.3) is 6.29 Å². The fourth-order valence-electron chi connectivity index (χ4n) is 1.10. The fourth-order valence-corrected chi connectivity index (χ4v) is 1.48. The van der Waals surface area contributed by atoms with Crippen LogP contribution in [-0.4, -0.2) is 5.11 Å². The highest BCUT2D eigenvalue weighted by atomic mass is 79.9. The molecule has 0 fully saturated rings. The fraction of sp³-hybridized carbons (Fsp3) is 0.111. The summed E-state index contributed by atoms with van der Waals surface area (Å²) < 4.78 is 11.1. The van der Waals surface area contributed by atoms with Crippen LogP contribution in [0.3, 0.4) is 0 Å². The van der Waals surface area contributed by atoms with E-state index in [-0.39, 0.29) is 5.75 Å². The van der Waals surface area contributed by atoms with E-state index in [0.29, 0.717) is 5.56 Å². The van der Waals surface area contributed by atoms with Crippen molar-refractivity contribution in [2.24, 2.45) is 0 Å². The van der Waals surface area contributed by atoms with Crippen LogP contribution in [0.4, 0.5) is 0 Å². The number of hydrogen-bond donors (Lipinski definition) is 1.